The number of carbonyl (C=O) groups is 2. The van der Waals surface area contributed by atoms with Crippen LogP contribution in [0.5, 0.6) is 0 Å². The van der Waals surface area contributed by atoms with Crippen LogP contribution in [0.4, 0.5) is 10.8 Å². The maximum Gasteiger partial charge on any atom is 0.251 e. The molecule has 1 aromatic heterocycles. The van der Waals surface area contributed by atoms with Crippen LogP contribution in [-0.2, 0) is 4.79 Å². The van der Waals surface area contributed by atoms with Crippen LogP contribution in [0.25, 0.3) is 11.3 Å². The van der Waals surface area contributed by atoms with E-state index < -0.39 is 0 Å². The summed E-state index contributed by atoms with van der Waals surface area (Å²) >= 11 is 1.53. The first-order valence-corrected chi connectivity index (χ1v) is 8.90. The van der Waals surface area contributed by atoms with Crippen LogP contribution in [0.1, 0.15) is 10.4 Å². The number of nitrogens with zero attached hydrogens (tertiary/aromatic N) is 1. The number of hydrogen-bond acceptors (Lipinski definition) is 5. The molecule has 0 aliphatic carbocycles. The molecule has 0 saturated carbocycles. The number of aromatic nitrogens is 1. The number of carbonyl (C=O) groups excluding carboxylic acids is 2. The summed E-state index contributed by atoms with van der Waals surface area (Å²) in [7, 11) is 1.83. The number of benzene rings is 2. The summed E-state index contributed by atoms with van der Waals surface area (Å²) in [6.07, 6.45) is 0. The van der Waals surface area contributed by atoms with Gasteiger partial charge in [-0.05, 0) is 24.3 Å². The van der Waals surface area contributed by atoms with Crippen LogP contribution in [0.2, 0.25) is 0 Å². The van der Waals surface area contributed by atoms with Crippen LogP contribution in [0.3, 0.4) is 0 Å². The fourth-order valence-corrected chi connectivity index (χ4v) is 2.98. The van der Waals surface area contributed by atoms with Gasteiger partial charge in [0.1, 0.15) is 0 Å². The van der Waals surface area contributed by atoms with Gasteiger partial charge < -0.3 is 16.0 Å². The van der Waals surface area contributed by atoms with Gasteiger partial charge in [-0.25, -0.2) is 4.98 Å². The average Bonchev–Trinajstić information content (AvgIpc) is 3.16. The molecular formula is C19H18N4O2S. The molecule has 0 aliphatic rings. The van der Waals surface area contributed by atoms with Gasteiger partial charge in [-0.1, -0.05) is 30.3 Å². The van der Waals surface area contributed by atoms with E-state index in [0.717, 1.165) is 16.4 Å². The summed E-state index contributed by atoms with van der Waals surface area (Å²) in [5, 5.41) is 11.2. The Kier molecular flexibility index (Phi) is 5.60. The molecule has 0 unspecified atom stereocenters. The predicted molar refractivity (Wildman–Crippen MR) is 105 cm³/mol. The van der Waals surface area contributed by atoms with Gasteiger partial charge in [0.25, 0.3) is 5.91 Å². The minimum Gasteiger partial charge on any atom is -0.365 e. The second-order valence-electron chi connectivity index (χ2n) is 5.46. The maximum atomic E-state index is 12.0. The molecule has 3 N–H and O–H groups in total. The highest BCUT2D eigenvalue weighted by Gasteiger charge is 2.08. The second kappa shape index (κ2) is 8.26. The molecule has 7 heteroatoms. The number of rotatable bonds is 6. The molecule has 3 rings (SSSR count). The van der Waals surface area contributed by atoms with Crippen LogP contribution in [-0.4, -0.2) is 30.4 Å². The van der Waals surface area contributed by atoms with E-state index in [4.69, 9.17) is 0 Å². The van der Waals surface area contributed by atoms with E-state index in [1.807, 2.05) is 42.8 Å². The summed E-state index contributed by atoms with van der Waals surface area (Å²) in [5.41, 5.74) is 3.04. The van der Waals surface area contributed by atoms with E-state index in [0.29, 0.717) is 11.3 Å². The van der Waals surface area contributed by atoms with E-state index in [1.54, 1.807) is 24.3 Å². The number of amides is 2. The molecule has 3 aromatic rings. The quantitative estimate of drug-likeness (QED) is 0.625. The molecule has 2 aromatic carbocycles. The molecule has 26 heavy (non-hydrogen) atoms. The van der Waals surface area contributed by atoms with Gasteiger partial charge in [-0.3, -0.25) is 9.59 Å². The molecule has 0 spiro atoms. The Hall–Kier alpha value is -3.19. The topological polar surface area (TPSA) is 83.1 Å². The van der Waals surface area contributed by atoms with Gasteiger partial charge in [-0.15, -0.1) is 11.3 Å². The lowest BCUT2D eigenvalue weighted by atomic mass is 10.1. The minimum absolute atomic E-state index is 0.0902. The zero-order valence-corrected chi connectivity index (χ0v) is 15.0. The SMILES string of the molecule is CNc1nc(-c2ccc(NC(=O)CNC(=O)c3ccccc3)cc2)cs1. The van der Waals surface area contributed by atoms with Crippen molar-refractivity contribution in [2.75, 3.05) is 24.2 Å². The fraction of sp³-hybridized carbons (Fsp3) is 0.105. The van der Waals surface area contributed by atoms with Crippen LogP contribution >= 0.6 is 11.3 Å². The van der Waals surface area contributed by atoms with Gasteiger partial charge in [0.15, 0.2) is 5.13 Å². The van der Waals surface area contributed by atoms with Crippen molar-refractivity contribution in [2.45, 2.75) is 0 Å². The highest BCUT2D eigenvalue weighted by Crippen LogP contribution is 2.25. The van der Waals surface area contributed by atoms with Crippen molar-refractivity contribution in [1.82, 2.24) is 10.3 Å². The van der Waals surface area contributed by atoms with Crippen LogP contribution in [0, 0.1) is 0 Å². The first-order chi connectivity index (χ1) is 12.7. The molecule has 132 valence electrons. The Labute approximate surface area is 155 Å². The maximum absolute atomic E-state index is 12.0. The van der Waals surface area contributed by atoms with Crippen molar-refractivity contribution in [3.8, 4) is 11.3 Å². The van der Waals surface area contributed by atoms with Crippen LogP contribution in [0.15, 0.2) is 60.0 Å². The summed E-state index contributed by atoms with van der Waals surface area (Å²) in [4.78, 5) is 28.4. The van der Waals surface area contributed by atoms with Crippen molar-refractivity contribution < 1.29 is 9.59 Å². The van der Waals surface area contributed by atoms with Crippen molar-refractivity contribution in [1.29, 1.82) is 0 Å². The van der Waals surface area contributed by atoms with E-state index >= 15 is 0 Å². The molecule has 0 aliphatic heterocycles. The van der Waals surface area contributed by atoms with Gasteiger partial charge in [0.2, 0.25) is 5.91 Å². The molecular weight excluding hydrogens is 348 g/mol. The molecule has 0 radical (unpaired) electrons. The van der Waals surface area contributed by atoms with Crippen molar-refractivity contribution in [3.63, 3.8) is 0 Å². The van der Waals surface area contributed by atoms with Crippen molar-refractivity contribution >= 4 is 34.0 Å². The summed E-state index contributed by atoms with van der Waals surface area (Å²) < 4.78 is 0. The van der Waals surface area contributed by atoms with E-state index in [-0.39, 0.29) is 18.4 Å². The molecule has 1 heterocycles. The van der Waals surface area contributed by atoms with Gasteiger partial charge >= 0.3 is 0 Å². The Morgan fingerprint density at radius 2 is 1.77 bits per heavy atom. The molecule has 2 amide bonds. The Balaban J connectivity index is 1.53. The minimum atomic E-state index is -0.284. The third-order valence-electron chi connectivity index (χ3n) is 3.63. The lowest BCUT2D eigenvalue weighted by Crippen LogP contribution is -2.32. The van der Waals surface area contributed by atoms with E-state index in [9.17, 15) is 9.59 Å². The molecule has 0 saturated heterocycles. The largest absolute Gasteiger partial charge is 0.365 e. The molecule has 0 fully saturated rings. The lowest BCUT2D eigenvalue weighted by molar-refractivity contribution is -0.115. The third-order valence-corrected chi connectivity index (χ3v) is 4.49. The van der Waals surface area contributed by atoms with Crippen LogP contribution < -0.4 is 16.0 Å². The zero-order valence-electron chi connectivity index (χ0n) is 14.2. The Morgan fingerprint density at radius 1 is 1.04 bits per heavy atom. The van der Waals surface area contributed by atoms with Gasteiger partial charge in [-0.2, -0.15) is 0 Å². The average molecular weight is 366 g/mol. The van der Waals surface area contributed by atoms with Crippen molar-refractivity contribution in [2.24, 2.45) is 0 Å². The second-order valence-corrected chi connectivity index (χ2v) is 6.32. The van der Waals surface area contributed by atoms with Crippen molar-refractivity contribution in [3.05, 3.63) is 65.5 Å². The molecule has 0 atom stereocenters. The Bertz CT molecular complexity index is 891. The number of hydrogen-bond donors (Lipinski definition) is 3. The normalized spacial score (nSPS) is 10.2. The lowest BCUT2D eigenvalue weighted by Gasteiger charge is -2.07. The van der Waals surface area contributed by atoms with Gasteiger partial charge in [0.05, 0.1) is 12.2 Å². The smallest absolute Gasteiger partial charge is 0.251 e. The highest BCUT2D eigenvalue weighted by molar-refractivity contribution is 7.14. The number of thiazole rings is 1. The number of anilines is 2. The third kappa shape index (κ3) is 4.46. The predicted octanol–water partition coefficient (Wildman–Crippen LogP) is 3.22. The fourth-order valence-electron chi connectivity index (χ4n) is 2.30. The monoisotopic (exact) mass is 366 g/mol. The van der Waals surface area contributed by atoms with Gasteiger partial charge in [0, 0.05) is 29.2 Å². The standard InChI is InChI=1S/C19H18N4O2S/c1-20-19-23-16(12-26-19)13-7-9-15(10-8-13)22-17(24)11-21-18(25)14-5-3-2-4-6-14/h2-10,12H,11H2,1H3,(H,20,23)(H,21,25)(H,22,24). The summed E-state index contributed by atoms with van der Waals surface area (Å²) in [5.74, 6) is -0.562. The first kappa shape index (κ1) is 17.6. The molecule has 6 nitrogen and oxygen atoms in total. The zero-order chi connectivity index (χ0) is 18.4. The Morgan fingerprint density at radius 3 is 2.42 bits per heavy atom. The molecule has 0 bridgehead atoms. The number of nitrogens with one attached hydrogen (secondary N) is 3. The summed E-state index contributed by atoms with van der Waals surface area (Å²) in [6, 6.07) is 16.2. The first-order valence-electron chi connectivity index (χ1n) is 8.02. The summed E-state index contributed by atoms with van der Waals surface area (Å²) in [6.45, 7) is -0.0902. The van der Waals surface area contributed by atoms with E-state index in [2.05, 4.69) is 20.9 Å². The highest BCUT2D eigenvalue weighted by atomic mass is 32.1. The van der Waals surface area contributed by atoms with E-state index in [1.165, 1.54) is 11.3 Å².